The number of pyridine rings is 1. The highest BCUT2D eigenvalue weighted by molar-refractivity contribution is 6.09. The van der Waals surface area contributed by atoms with Crippen LogP contribution in [-0.4, -0.2) is 29.7 Å². The first-order valence-electron chi connectivity index (χ1n) is 8.30. The van der Waals surface area contributed by atoms with Crippen molar-refractivity contribution < 1.29 is 14.3 Å². The van der Waals surface area contributed by atoms with Crippen LogP contribution in [0.1, 0.15) is 32.7 Å². The summed E-state index contributed by atoms with van der Waals surface area (Å²) in [4.78, 5) is 17.0. The predicted molar refractivity (Wildman–Crippen MR) is 102 cm³/mol. The predicted octanol–water partition coefficient (Wildman–Crippen LogP) is 3.20. The number of aryl methyl sites for hydroxylation is 2. The number of esters is 1. The summed E-state index contributed by atoms with van der Waals surface area (Å²) < 4.78 is 12.1. The zero-order valence-electron chi connectivity index (χ0n) is 15.9. The van der Waals surface area contributed by atoms with Crippen molar-refractivity contribution in [2.75, 3.05) is 20.0 Å². The smallest absolute Gasteiger partial charge is 0.342 e. The molecule has 7 heteroatoms. The molecule has 1 aromatic carbocycles. The molecule has 0 saturated heterocycles. The van der Waals surface area contributed by atoms with Crippen LogP contribution in [0.4, 0.5) is 5.82 Å². The summed E-state index contributed by atoms with van der Waals surface area (Å²) >= 11 is 0. The van der Waals surface area contributed by atoms with E-state index in [4.69, 9.17) is 15.2 Å². The van der Waals surface area contributed by atoms with Gasteiger partial charge in [-0.3, -0.25) is 4.57 Å². The third kappa shape index (κ3) is 2.66. The number of nitrogens with two attached hydrogens (primary N) is 1. The van der Waals surface area contributed by atoms with Gasteiger partial charge in [-0.1, -0.05) is 6.07 Å². The highest BCUT2D eigenvalue weighted by Gasteiger charge is 2.26. The lowest BCUT2D eigenvalue weighted by atomic mass is 10.1. The molecule has 2 aromatic heterocycles. The molecule has 2 heterocycles. The summed E-state index contributed by atoms with van der Waals surface area (Å²) in [6.45, 7) is 5.61. The lowest BCUT2D eigenvalue weighted by Crippen LogP contribution is -2.09. The van der Waals surface area contributed by atoms with Gasteiger partial charge in [0.1, 0.15) is 28.8 Å². The Morgan fingerprint density at radius 1 is 1.26 bits per heavy atom. The normalized spacial score (nSPS) is 10.7. The van der Waals surface area contributed by atoms with Crippen molar-refractivity contribution >= 4 is 22.8 Å². The van der Waals surface area contributed by atoms with Crippen molar-refractivity contribution in [2.24, 2.45) is 0 Å². The van der Waals surface area contributed by atoms with Crippen molar-refractivity contribution in [3.05, 3.63) is 46.1 Å². The van der Waals surface area contributed by atoms with Crippen LogP contribution in [0.15, 0.2) is 18.2 Å². The molecule has 0 radical (unpaired) electrons. The molecule has 0 aliphatic rings. The van der Waals surface area contributed by atoms with Crippen molar-refractivity contribution in [2.45, 2.75) is 20.8 Å². The Kier molecular flexibility index (Phi) is 4.50. The second-order valence-corrected chi connectivity index (χ2v) is 6.25. The van der Waals surface area contributed by atoms with E-state index in [9.17, 15) is 10.1 Å². The Balaban J connectivity index is 2.53. The maximum Gasteiger partial charge on any atom is 0.342 e. The molecule has 0 saturated carbocycles. The molecule has 3 aromatic rings. The molecule has 0 spiro atoms. The van der Waals surface area contributed by atoms with Crippen molar-refractivity contribution in [1.29, 1.82) is 5.26 Å². The number of benzene rings is 1. The second-order valence-electron chi connectivity index (χ2n) is 6.25. The minimum atomic E-state index is -0.580. The first-order valence-corrected chi connectivity index (χ1v) is 8.30. The molecule has 0 aliphatic heterocycles. The van der Waals surface area contributed by atoms with E-state index in [0.717, 1.165) is 16.8 Å². The topological polar surface area (TPSA) is 103 Å². The minimum absolute atomic E-state index is 0.193. The number of ether oxygens (including phenoxy) is 2. The molecule has 138 valence electrons. The fourth-order valence-electron chi connectivity index (χ4n) is 3.35. The minimum Gasteiger partial charge on any atom is -0.496 e. The summed E-state index contributed by atoms with van der Waals surface area (Å²) in [7, 11) is 2.89. The van der Waals surface area contributed by atoms with Gasteiger partial charge in [-0.25, -0.2) is 9.78 Å². The van der Waals surface area contributed by atoms with Crippen LogP contribution in [0.3, 0.4) is 0 Å². The van der Waals surface area contributed by atoms with Crippen molar-refractivity contribution in [3.63, 3.8) is 0 Å². The van der Waals surface area contributed by atoms with Crippen LogP contribution in [0.25, 0.3) is 16.7 Å². The zero-order valence-corrected chi connectivity index (χ0v) is 15.9. The Morgan fingerprint density at radius 3 is 2.56 bits per heavy atom. The number of nitrogen functional groups attached to an aromatic ring is 1. The summed E-state index contributed by atoms with van der Waals surface area (Å²) in [5.41, 5.74) is 10.6. The average molecular weight is 364 g/mol. The number of nitrogens with zero attached hydrogens (tertiary/aromatic N) is 3. The first-order chi connectivity index (χ1) is 12.8. The molecule has 7 nitrogen and oxygen atoms in total. The van der Waals surface area contributed by atoms with Crippen LogP contribution in [0, 0.1) is 32.1 Å². The van der Waals surface area contributed by atoms with E-state index in [1.165, 1.54) is 7.11 Å². The highest BCUT2D eigenvalue weighted by atomic mass is 16.5. The number of rotatable bonds is 3. The summed E-state index contributed by atoms with van der Waals surface area (Å²) in [6.07, 6.45) is 0. The number of hydrogen-bond donors (Lipinski definition) is 1. The van der Waals surface area contributed by atoms with E-state index < -0.39 is 5.97 Å². The summed E-state index contributed by atoms with van der Waals surface area (Å²) in [5.74, 6) is 0.323. The summed E-state index contributed by atoms with van der Waals surface area (Å²) in [5, 5.41) is 9.83. The SMILES string of the molecule is COC(=O)c1c(N)n(-c2c(C)ccc(OC)c2C)c2nc(C)c(C#N)cc12. The maximum absolute atomic E-state index is 12.4. The van der Waals surface area contributed by atoms with Gasteiger partial charge in [0.05, 0.1) is 31.2 Å². The van der Waals surface area contributed by atoms with Gasteiger partial charge in [-0.2, -0.15) is 5.26 Å². The zero-order chi connectivity index (χ0) is 19.9. The number of methoxy groups -OCH3 is 2. The van der Waals surface area contributed by atoms with Gasteiger partial charge < -0.3 is 15.2 Å². The molecular formula is C20H20N4O3. The van der Waals surface area contributed by atoms with E-state index in [1.54, 1.807) is 24.7 Å². The average Bonchev–Trinajstić information content (AvgIpc) is 2.92. The van der Waals surface area contributed by atoms with E-state index in [0.29, 0.717) is 28.0 Å². The first kappa shape index (κ1) is 18.3. The van der Waals surface area contributed by atoms with Crippen LogP contribution in [0.2, 0.25) is 0 Å². The van der Waals surface area contributed by atoms with Crippen LogP contribution < -0.4 is 10.5 Å². The Bertz CT molecular complexity index is 1120. The number of carbonyl (C=O) groups is 1. The third-order valence-electron chi connectivity index (χ3n) is 4.71. The van der Waals surface area contributed by atoms with Gasteiger partial charge in [-0.15, -0.1) is 0 Å². The van der Waals surface area contributed by atoms with E-state index >= 15 is 0 Å². The number of carbonyl (C=O) groups excluding carboxylic acids is 1. The Labute approximate surface area is 156 Å². The lowest BCUT2D eigenvalue weighted by Gasteiger charge is -2.17. The maximum atomic E-state index is 12.4. The molecule has 3 rings (SSSR count). The number of aromatic nitrogens is 2. The molecule has 0 atom stereocenters. The largest absolute Gasteiger partial charge is 0.496 e. The molecule has 0 unspecified atom stereocenters. The lowest BCUT2D eigenvalue weighted by molar-refractivity contribution is 0.0604. The fourth-order valence-corrected chi connectivity index (χ4v) is 3.35. The Hall–Kier alpha value is -3.53. The van der Waals surface area contributed by atoms with E-state index in [-0.39, 0.29) is 11.4 Å². The van der Waals surface area contributed by atoms with Gasteiger partial charge in [0, 0.05) is 10.9 Å². The highest BCUT2D eigenvalue weighted by Crippen LogP contribution is 2.36. The standard InChI is InChI=1S/C20H20N4O3/c1-10-6-7-15(26-4)11(2)17(10)24-18(22)16(20(25)27-5)14-8-13(9-21)12(3)23-19(14)24/h6-8H,22H2,1-5H3. The second kappa shape index (κ2) is 6.65. The molecule has 0 aliphatic carbocycles. The van der Waals surface area contributed by atoms with E-state index in [2.05, 4.69) is 11.1 Å². The quantitative estimate of drug-likeness (QED) is 0.716. The van der Waals surface area contributed by atoms with Crippen molar-refractivity contribution in [3.8, 4) is 17.5 Å². The van der Waals surface area contributed by atoms with Crippen LogP contribution >= 0.6 is 0 Å². The molecule has 0 amide bonds. The number of fused-ring (bicyclic) bond motifs is 1. The number of nitriles is 1. The summed E-state index contributed by atoms with van der Waals surface area (Å²) in [6, 6.07) is 7.52. The molecule has 0 bridgehead atoms. The molecule has 27 heavy (non-hydrogen) atoms. The monoisotopic (exact) mass is 364 g/mol. The molecule has 2 N–H and O–H groups in total. The van der Waals surface area contributed by atoms with Gasteiger partial charge in [0.15, 0.2) is 0 Å². The van der Waals surface area contributed by atoms with Gasteiger partial charge >= 0.3 is 5.97 Å². The number of anilines is 1. The Morgan fingerprint density at radius 2 is 1.96 bits per heavy atom. The van der Waals surface area contributed by atoms with Crippen molar-refractivity contribution in [1.82, 2.24) is 9.55 Å². The van der Waals surface area contributed by atoms with E-state index in [1.807, 2.05) is 26.0 Å². The third-order valence-corrected chi connectivity index (χ3v) is 4.71. The molecule has 0 fully saturated rings. The van der Waals surface area contributed by atoms with Gasteiger partial charge in [-0.05, 0) is 38.5 Å². The van der Waals surface area contributed by atoms with Crippen LogP contribution in [0.5, 0.6) is 5.75 Å². The van der Waals surface area contributed by atoms with Crippen LogP contribution in [-0.2, 0) is 4.74 Å². The van der Waals surface area contributed by atoms with Gasteiger partial charge in [0.2, 0.25) is 0 Å². The molecular weight excluding hydrogens is 344 g/mol. The van der Waals surface area contributed by atoms with Gasteiger partial charge in [0.25, 0.3) is 0 Å². The fraction of sp³-hybridized carbons (Fsp3) is 0.250. The number of hydrogen-bond acceptors (Lipinski definition) is 6.